The Morgan fingerprint density at radius 1 is 1.07 bits per heavy atom. The molecule has 9 heteroatoms. The molecule has 4 aliphatic rings. The van der Waals surface area contributed by atoms with Crippen LogP contribution < -0.4 is 16.0 Å². The first-order valence-corrected chi connectivity index (χ1v) is 16.1. The van der Waals surface area contributed by atoms with Gasteiger partial charge >= 0.3 is 6.09 Å². The van der Waals surface area contributed by atoms with E-state index in [1.165, 1.54) is 5.57 Å². The van der Waals surface area contributed by atoms with E-state index in [-0.39, 0.29) is 23.7 Å². The van der Waals surface area contributed by atoms with Crippen molar-refractivity contribution in [2.45, 2.75) is 57.8 Å². The van der Waals surface area contributed by atoms with Crippen LogP contribution in [0.5, 0.6) is 0 Å². The lowest BCUT2D eigenvalue weighted by atomic mass is 9.86. The molecule has 234 valence electrons. The van der Waals surface area contributed by atoms with Crippen molar-refractivity contribution in [2.75, 3.05) is 48.7 Å². The van der Waals surface area contributed by atoms with Crippen molar-refractivity contribution in [2.24, 2.45) is 5.41 Å². The number of nitrogens with one attached hydrogen (secondary N) is 1. The van der Waals surface area contributed by atoms with Crippen molar-refractivity contribution in [3.8, 4) is 11.3 Å². The molecule has 3 atom stereocenters. The zero-order chi connectivity index (χ0) is 31.2. The number of aromatic nitrogens is 2. The van der Waals surface area contributed by atoms with Crippen molar-refractivity contribution in [1.29, 1.82) is 0 Å². The Hall–Kier alpha value is -4.37. The van der Waals surface area contributed by atoms with Crippen LogP contribution in [-0.4, -0.2) is 70.2 Å². The summed E-state index contributed by atoms with van der Waals surface area (Å²) in [5.41, 5.74) is 11.4. The number of rotatable bonds is 5. The lowest BCUT2D eigenvalue weighted by Crippen LogP contribution is -2.38. The summed E-state index contributed by atoms with van der Waals surface area (Å²) in [7, 11) is 0. The third-order valence-electron chi connectivity index (χ3n) is 9.45. The summed E-state index contributed by atoms with van der Waals surface area (Å²) in [6.45, 7) is 10.3. The maximum atomic E-state index is 12.7. The number of amides is 1. The summed E-state index contributed by atoms with van der Waals surface area (Å²) >= 11 is 0. The SMILES string of the molecule is CC(C)(C)OC(=O)N1CCC2(CCN(CC3=CCC(N4c5nc(-c6ccccc6)ccc5NC4c4cccnc4N)C=C3)C2)C1. The van der Waals surface area contributed by atoms with Crippen LogP contribution in [-0.2, 0) is 4.74 Å². The Labute approximate surface area is 265 Å². The molecule has 2 aromatic heterocycles. The smallest absolute Gasteiger partial charge is 0.410 e. The number of carbonyl (C=O) groups excluding carboxylic acids is 1. The monoisotopic (exact) mass is 605 g/mol. The molecular weight excluding hydrogens is 562 g/mol. The number of fused-ring (bicyclic) bond motifs is 1. The van der Waals surface area contributed by atoms with Crippen LogP contribution in [0.15, 0.2) is 84.6 Å². The molecule has 1 aromatic carbocycles. The number of likely N-dealkylation sites (tertiary alicyclic amines) is 2. The van der Waals surface area contributed by atoms with Gasteiger partial charge in [-0.1, -0.05) is 48.6 Å². The van der Waals surface area contributed by atoms with E-state index >= 15 is 0 Å². The maximum Gasteiger partial charge on any atom is 0.410 e. The molecule has 9 nitrogen and oxygen atoms in total. The van der Waals surface area contributed by atoms with Gasteiger partial charge in [-0.2, -0.15) is 0 Å². The molecule has 1 amide bonds. The van der Waals surface area contributed by atoms with E-state index in [1.807, 2.05) is 56.0 Å². The third-order valence-corrected chi connectivity index (χ3v) is 9.45. The maximum absolute atomic E-state index is 12.7. The van der Waals surface area contributed by atoms with E-state index in [1.54, 1.807) is 6.20 Å². The van der Waals surface area contributed by atoms with Crippen molar-refractivity contribution >= 4 is 23.4 Å². The second-order valence-electron chi connectivity index (χ2n) is 13.9. The molecule has 0 bridgehead atoms. The van der Waals surface area contributed by atoms with Crippen molar-refractivity contribution in [3.63, 3.8) is 0 Å². The molecule has 5 heterocycles. The molecule has 0 saturated carbocycles. The highest BCUT2D eigenvalue weighted by atomic mass is 16.6. The van der Waals surface area contributed by atoms with Crippen LogP contribution in [0.4, 0.5) is 22.1 Å². The number of ether oxygens (including phenoxy) is 1. The first kappa shape index (κ1) is 29.3. The van der Waals surface area contributed by atoms with Crippen LogP contribution in [0, 0.1) is 5.41 Å². The molecule has 7 rings (SSSR count). The van der Waals surface area contributed by atoms with Gasteiger partial charge in [-0.25, -0.2) is 14.8 Å². The number of hydrogen-bond donors (Lipinski definition) is 2. The van der Waals surface area contributed by atoms with Crippen molar-refractivity contribution < 1.29 is 9.53 Å². The van der Waals surface area contributed by atoms with E-state index in [2.05, 4.69) is 62.6 Å². The van der Waals surface area contributed by atoms with Gasteiger partial charge in [0.25, 0.3) is 0 Å². The number of benzene rings is 1. The predicted molar refractivity (Wildman–Crippen MR) is 179 cm³/mol. The van der Waals surface area contributed by atoms with Gasteiger partial charge < -0.3 is 25.6 Å². The van der Waals surface area contributed by atoms with E-state index in [9.17, 15) is 4.79 Å². The Bertz CT molecular complexity index is 1630. The van der Waals surface area contributed by atoms with Crippen LogP contribution in [0.25, 0.3) is 11.3 Å². The van der Waals surface area contributed by atoms with Crippen LogP contribution in [0.2, 0.25) is 0 Å². The number of nitrogens with two attached hydrogens (primary N) is 1. The summed E-state index contributed by atoms with van der Waals surface area (Å²) in [5.74, 6) is 1.44. The lowest BCUT2D eigenvalue weighted by molar-refractivity contribution is 0.0274. The molecule has 0 radical (unpaired) electrons. The molecule has 3 unspecified atom stereocenters. The second kappa shape index (κ2) is 11.5. The van der Waals surface area contributed by atoms with E-state index in [4.69, 9.17) is 15.5 Å². The number of carbonyl (C=O) groups is 1. The number of pyridine rings is 2. The molecule has 45 heavy (non-hydrogen) atoms. The highest BCUT2D eigenvalue weighted by molar-refractivity contribution is 5.78. The number of hydrogen-bond acceptors (Lipinski definition) is 8. The first-order valence-electron chi connectivity index (χ1n) is 16.1. The fourth-order valence-electron chi connectivity index (χ4n) is 7.25. The Kier molecular flexibility index (Phi) is 7.52. The van der Waals surface area contributed by atoms with E-state index in [0.29, 0.717) is 5.82 Å². The molecule has 1 aliphatic carbocycles. The number of anilines is 3. The zero-order valence-electron chi connectivity index (χ0n) is 26.4. The van der Waals surface area contributed by atoms with Gasteiger partial charge in [0, 0.05) is 48.9 Å². The fraction of sp³-hybridized carbons (Fsp3) is 0.417. The van der Waals surface area contributed by atoms with Crippen molar-refractivity contribution in [3.05, 3.63) is 90.2 Å². The standard InChI is InChI=1S/C36H43N7O2/c1-35(2,3)45-34(44)42-21-18-36(24-42)17-20-41(23-36)22-25-11-13-27(14-12-25)43-32(28-10-7-19-38-31(28)37)40-30-16-15-29(39-33(30)43)26-8-5-4-6-9-26/h4-13,15-16,19,27,32,40H,14,17-18,20-24H2,1-3H3,(H2,37,38). The molecule has 1 spiro atoms. The first-order chi connectivity index (χ1) is 21.7. The van der Waals surface area contributed by atoms with E-state index < -0.39 is 5.60 Å². The minimum Gasteiger partial charge on any atom is -0.444 e. The molecule has 2 saturated heterocycles. The Morgan fingerprint density at radius 3 is 2.64 bits per heavy atom. The molecular formula is C36H43N7O2. The highest BCUT2D eigenvalue weighted by Gasteiger charge is 2.45. The Morgan fingerprint density at radius 2 is 1.89 bits per heavy atom. The predicted octanol–water partition coefficient (Wildman–Crippen LogP) is 6.24. The number of nitrogens with zero attached hydrogens (tertiary/aromatic N) is 5. The van der Waals surface area contributed by atoms with Gasteiger partial charge in [-0.05, 0) is 76.4 Å². The number of nitrogen functional groups attached to an aromatic ring is 1. The van der Waals surface area contributed by atoms with Crippen molar-refractivity contribution in [1.82, 2.24) is 19.8 Å². The van der Waals surface area contributed by atoms with Gasteiger partial charge in [-0.15, -0.1) is 0 Å². The Balaban J connectivity index is 1.06. The zero-order valence-corrected chi connectivity index (χ0v) is 26.4. The largest absolute Gasteiger partial charge is 0.444 e. The molecule has 3 aliphatic heterocycles. The minimum atomic E-state index is -0.468. The minimum absolute atomic E-state index is 0.104. The summed E-state index contributed by atoms with van der Waals surface area (Å²) < 4.78 is 5.65. The molecule has 3 aromatic rings. The van der Waals surface area contributed by atoms with Gasteiger partial charge in [0.15, 0.2) is 5.82 Å². The lowest BCUT2D eigenvalue weighted by Gasteiger charge is -2.34. The highest BCUT2D eigenvalue weighted by Crippen LogP contribution is 2.45. The fourth-order valence-corrected chi connectivity index (χ4v) is 7.25. The molecule has 3 N–H and O–H groups in total. The molecule has 2 fully saturated rings. The van der Waals surface area contributed by atoms with Crippen LogP contribution >= 0.6 is 0 Å². The van der Waals surface area contributed by atoms with Gasteiger partial charge in [-0.3, -0.25) is 4.90 Å². The summed E-state index contributed by atoms with van der Waals surface area (Å²) in [6.07, 6.45) is 11.4. The van der Waals surface area contributed by atoms with Crippen LogP contribution in [0.1, 0.15) is 51.8 Å². The summed E-state index contributed by atoms with van der Waals surface area (Å²) in [6, 6.07) is 18.6. The topological polar surface area (TPSA) is 99.9 Å². The van der Waals surface area contributed by atoms with Gasteiger partial charge in [0.1, 0.15) is 17.6 Å². The average molecular weight is 606 g/mol. The average Bonchev–Trinajstić information content (AvgIpc) is 3.74. The second-order valence-corrected chi connectivity index (χ2v) is 13.9. The van der Waals surface area contributed by atoms with E-state index in [0.717, 1.165) is 80.3 Å². The van der Waals surface area contributed by atoms with Gasteiger partial charge in [0.2, 0.25) is 0 Å². The third kappa shape index (κ3) is 6.01. The quantitative estimate of drug-likeness (QED) is 0.353. The van der Waals surface area contributed by atoms with Gasteiger partial charge in [0.05, 0.1) is 17.4 Å². The summed E-state index contributed by atoms with van der Waals surface area (Å²) in [5, 5.41) is 3.68. The normalized spacial score (nSPS) is 24.6. The summed E-state index contributed by atoms with van der Waals surface area (Å²) in [4.78, 5) is 29.1. The van der Waals surface area contributed by atoms with Crippen LogP contribution in [0.3, 0.4) is 0 Å².